The smallest absolute Gasteiger partial charge is 0.419 e. The number of ether oxygens (including phenoxy) is 1. The van der Waals surface area contributed by atoms with Gasteiger partial charge in [-0.1, -0.05) is 0 Å². The van der Waals surface area contributed by atoms with Crippen LogP contribution in [-0.4, -0.2) is 79.3 Å². The number of piperazine rings is 1. The van der Waals surface area contributed by atoms with E-state index < -0.39 is 11.7 Å². The van der Waals surface area contributed by atoms with Crippen LogP contribution in [0.25, 0.3) is 0 Å². The zero-order chi connectivity index (χ0) is 26.5. The van der Waals surface area contributed by atoms with Crippen molar-refractivity contribution in [1.29, 1.82) is 0 Å². The van der Waals surface area contributed by atoms with E-state index in [0.29, 0.717) is 38.0 Å². The molecule has 0 radical (unpaired) electrons. The molecule has 0 bridgehead atoms. The minimum atomic E-state index is -4.53. The maximum atomic E-state index is 13.6. The van der Waals surface area contributed by atoms with Crippen LogP contribution in [0.5, 0.6) is 0 Å². The molecular weight excluding hydrogens is 497 g/mol. The van der Waals surface area contributed by atoms with Crippen molar-refractivity contribution in [3.63, 3.8) is 0 Å². The van der Waals surface area contributed by atoms with E-state index in [0.717, 1.165) is 50.0 Å². The molecule has 3 fully saturated rings. The Balaban J connectivity index is 1.20. The molecule has 1 aromatic heterocycles. The number of hydrogen-bond donors (Lipinski definition) is 2. The number of benzene rings is 1. The summed E-state index contributed by atoms with van der Waals surface area (Å²) in [5.74, 6) is 0.323. The molecule has 3 saturated heterocycles. The van der Waals surface area contributed by atoms with Crippen molar-refractivity contribution in [3.05, 3.63) is 42.1 Å². The number of anilines is 4. The van der Waals surface area contributed by atoms with Crippen LogP contribution in [-0.2, 0) is 10.9 Å². The highest BCUT2D eigenvalue weighted by atomic mass is 19.4. The zero-order valence-electron chi connectivity index (χ0n) is 21.5. The van der Waals surface area contributed by atoms with Crippen LogP contribution in [0, 0.1) is 0 Å². The Labute approximate surface area is 221 Å². The highest BCUT2D eigenvalue weighted by Crippen LogP contribution is 2.36. The summed E-state index contributed by atoms with van der Waals surface area (Å²) >= 11 is 0. The quantitative estimate of drug-likeness (QED) is 0.455. The number of nitrogens with zero attached hydrogens (tertiary/aromatic N) is 4. The SMILES string of the molecule is O=C1OCCCCN1CCCNc1cc(Nc2ccc(N3CCN4CCCC4C3)cc2)ncc1C(F)(F)F. The van der Waals surface area contributed by atoms with Gasteiger partial charge in [-0.25, -0.2) is 9.78 Å². The standard InChI is InChI=1S/C27H35F3N6O2/c28-27(29,30)23-18-32-25(17-24(23)31-10-4-13-35-11-1-2-16-38-26(35)37)33-20-6-8-21(9-7-20)36-15-14-34-12-3-5-22(34)19-36/h6-9,17-18,22H,1-5,10-16,19H2,(H2,31,32,33). The van der Waals surface area contributed by atoms with Gasteiger partial charge in [0, 0.05) is 68.9 Å². The summed E-state index contributed by atoms with van der Waals surface area (Å²) in [6.45, 7) is 6.02. The van der Waals surface area contributed by atoms with E-state index in [1.54, 1.807) is 4.90 Å². The number of alkyl halides is 3. The predicted molar refractivity (Wildman–Crippen MR) is 141 cm³/mol. The predicted octanol–water partition coefficient (Wildman–Crippen LogP) is 5.16. The van der Waals surface area contributed by atoms with E-state index >= 15 is 0 Å². The third kappa shape index (κ3) is 6.43. The fraction of sp³-hybridized carbons (Fsp3) is 0.556. The molecule has 3 aliphatic rings. The average Bonchev–Trinajstić information content (AvgIpc) is 3.28. The van der Waals surface area contributed by atoms with Gasteiger partial charge in [0.05, 0.1) is 17.9 Å². The Morgan fingerprint density at radius 2 is 1.89 bits per heavy atom. The summed E-state index contributed by atoms with van der Waals surface area (Å²) in [6, 6.07) is 9.97. The van der Waals surface area contributed by atoms with Gasteiger partial charge in [0.25, 0.3) is 0 Å². The first kappa shape index (κ1) is 26.4. The molecule has 5 rings (SSSR count). The second-order valence-corrected chi connectivity index (χ2v) is 10.2. The molecule has 1 unspecified atom stereocenters. The minimum absolute atomic E-state index is 0.0421. The van der Waals surface area contributed by atoms with Crippen molar-refractivity contribution in [1.82, 2.24) is 14.8 Å². The van der Waals surface area contributed by atoms with Crippen molar-refractivity contribution in [2.45, 2.75) is 44.3 Å². The lowest BCUT2D eigenvalue weighted by Gasteiger charge is -2.38. The normalized spacial score (nSPS) is 20.6. The third-order valence-electron chi connectivity index (χ3n) is 7.53. The molecule has 0 spiro atoms. The molecule has 2 aromatic rings. The number of cyclic esters (lactones) is 1. The van der Waals surface area contributed by atoms with Gasteiger partial charge in [0.1, 0.15) is 5.82 Å². The lowest BCUT2D eigenvalue weighted by Crippen LogP contribution is -2.50. The molecule has 1 aromatic carbocycles. The summed E-state index contributed by atoms with van der Waals surface area (Å²) in [5.41, 5.74) is 1.04. The molecule has 11 heteroatoms. The van der Waals surface area contributed by atoms with E-state index in [2.05, 4.69) is 25.4 Å². The van der Waals surface area contributed by atoms with E-state index in [1.165, 1.54) is 25.5 Å². The molecular formula is C27H35F3N6O2. The number of rotatable bonds is 8. The molecule has 3 aliphatic heterocycles. The lowest BCUT2D eigenvalue weighted by atomic mass is 10.1. The van der Waals surface area contributed by atoms with Crippen molar-refractivity contribution in [2.24, 2.45) is 0 Å². The Kier molecular flexibility index (Phi) is 8.11. The minimum Gasteiger partial charge on any atom is -0.449 e. The molecule has 0 saturated carbocycles. The first-order chi connectivity index (χ1) is 18.4. The molecule has 38 heavy (non-hydrogen) atoms. The van der Waals surface area contributed by atoms with Crippen LogP contribution >= 0.6 is 0 Å². The number of pyridine rings is 1. The molecule has 206 valence electrons. The molecule has 4 heterocycles. The van der Waals surface area contributed by atoms with Crippen LogP contribution in [0.1, 0.15) is 37.7 Å². The number of halogens is 3. The Morgan fingerprint density at radius 3 is 2.71 bits per heavy atom. The topological polar surface area (TPSA) is 73.0 Å². The highest BCUT2D eigenvalue weighted by Gasteiger charge is 2.34. The number of fused-ring (bicyclic) bond motifs is 1. The first-order valence-electron chi connectivity index (χ1n) is 13.5. The fourth-order valence-corrected chi connectivity index (χ4v) is 5.47. The molecule has 1 atom stereocenters. The maximum Gasteiger partial charge on any atom is 0.419 e. The third-order valence-corrected chi connectivity index (χ3v) is 7.53. The van der Waals surface area contributed by atoms with Crippen LogP contribution in [0.4, 0.5) is 40.8 Å². The van der Waals surface area contributed by atoms with Gasteiger partial charge >= 0.3 is 12.3 Å². The number of hydrogen-bond acceptors (Lipinski definition) is 7. The summed E-state index contributed by atoms with van der Waals surface area (Å²) in [6.07, 6.45) is 0.647. The Morgan fingerprint density at radius 1 is 1.05 bits per heavy atom. The number of carbonyl (C=O) groups excluding carboxylic acids is 1. The van der Waals surface area contributed by atoms with Crippen molar-refractivity contribution >= 4 is 29.0 Å². The highest BCUT2D eigenvalue weighted by molar-refractivity contribution is 5.68. The molecule has 0 aliphatic carbocycles. The maximum absolute atomic E-state index is 13.6. The number of nitrogens with one attached hydrogen (secondary N) is 2. The molecule has 2 N–H and O–H groups in total. The number of carbonyl (C=O) groups is 1. The second kappa shape index (κ2) is 11.7. The van der Waals surface area contributed by atoms with Crippen LogP contribution in [0.2, 0.25) is 0 Å². The van der Waals surface area contributed by atoms with Gasteiger partial charge in [0.2, 0.25) is 0 Å². The second-order valence-electron chi connectivity index (χ2n) is 10.2. The average molecular weight is 533 g/mol. The Hall–Kier alpha value is -3.21. The van der Waals surface area contributed by atoms with Gasteiger partial charge in [-0.05, 0) is 62.9 Å². The van der Waals surface area contributed by atoms with Crippen molar-refractivity contribution in [2.75, 3.05) is 68.0 Å². The number of amides is 1. The first-order valence-corrected chi connectivity index (χ1v) is 13.5. The summed E-state index contributed by atoms with van der Waals surface area (Å²) in [4.78, 5) is 22.5. The number of aromatic nitrogens is 1. The Bertz CT molecular complexity index is 1100. The van der Waals surface area contributed by atoms with Crippen LogP contribution in [0.3, 0.4) is 0 Å². The summed E-state index contributed by atoms with van der Waals surface area (Å²) in [7, 11) is 0. The van der Waals surface area contributed by atoms with Gasteiger partial charge in [-0.2, -0.15) is 13.2 Å². The van der Waals surface area contributed by atoms with E-state index in [-0.39, 0.29) is 18.3 Å². The van der Waals surface area contributed by atoms with Crippen LogP contribution in [0.15, 0.2) is 36.5 Å². The van der Waals surface area contributed by atoms with Gasteiger partial charge in [-0.3, -0.25) is 4.90 Å². The van der Waals surface area contributed by atoms with Crippen LogP contribution < -0.4 is 15.5 Å². The van der Waals surface area contributed by atoms with Gasteiger partial charge < -0.3 is 25.2 Å². The van der Waals surface area contributed by atoms with Crippen molar-refractivity contribution in [3.8, 4) is 0 Å². The fourth-order valence-electron chi connectivity index (χ4n) is 5.47. The van der Waals surface area contributed by atoms with Gasteiger partial charge in [0.15, 0.2) is 0 Å². The van der Waals surface area contributed by atoms with E-state index in [9.17, 15) is 18.0 Å². The van der Waals surface area contributed by atoms with Crippen molar-refractivity contribution < 1.29 is 22.7 Å². The van der Waals surface area contributed by atoms with Gasteiger partial charge in [-0.15, -0.1) is 0 Å². The molecule has 1 amide bonds. The lowest BCUT2D eigenvalue weighted by molar-refractivity contribution is -0.137. The van der Waals surface area contributed by atoms with E-state index in [4.69, 9.17) is 4.74 Å². The zero-order valence-corrected chi connectivity index (χ0v) is 21.5. The molecule has 8 nitrogen and oxygen atoms in total. The van der Waals surface area contributed by atoms with E-state index in [1.807, 2.05) is 24.3 Å². The summed E-state index contributed by atoms with van der Waals surface area (Å²) in [5, 5.41) is 6.03. The largest absolute Gasteiger partial charge is 0.449 e. The summed E-state index contributed by atoms with van der Waals surface area (Å²) < 4.78 is 46.0. The monoisotopic (exact) mass is 532 g/mol.